The number of hydrogen-bond donors (Lipinski definition) is 1. The van der Waals surface area contributed by atoms with Crippen molar-refractivity contribution in [3.8, 4) is 0 Å². The van der Waals surface area contributed by atoms with E-state index in [-0.39, 0.29) is 5.76 Å². The number of esters is 1. The molecule has 1 fully saturated rings. The summed E-state index contributed by atoms with van der Waals surface area (Å²) in [7, 11) is 1.35. The van der Waals surface area contributed by atoms with Crippen LogP contribution in [0.2, 0.25) is 0 Å². The molecule has 0 unspecified atom stereocenters. The van der Waals surface area contributed by atoms with E-state index in [0.717, 1.165) is 31.9 Å². The molecule has 0 aliphatic carbocycles. The number of piperazine rings is 1. The largest absolute Gasteiger partial charge is 0.463 e. The van der Waals surface area contributed by atoms with Gasteiger partial charge in [-0.25, -0.2) is 4.79 Å². The highest BCUT2D eigenvalue weighted by Gasteiger charge is 2.18. The maximum atomic E-state index is 11.2. The second-order valence-electron chi connectivity index (χ2n) is 4.35. The summed E-state index contributed by atoms with van der Waals surface area (Å²) in [6.07, 6.45) is 0. The summed E-state index contributed by atoms with van der Waals surface area (Å²) in [6.45, 7) is 5.88. The van der Waals surface area contributed by atoms with Crippen LogP contribution in [0, 0.1) is 0 Å². The monoisotopic (exact) mass is 238 g/mol. The third-order valence-electron chi connectivity index (χ3n) is 2.88. The van der Waals surface area contributed by atoms with Crippen molar-refractivity contribution in [3.63, 3.8) is 0 Å². The number of carbonyl (C=O) groups is 1. The third kappa shape index (κ3) is 3.08. The molecule has 1 N–H and O–H groups in total. The highest BCUT2D eigenvalue weighted by atomic mass is 16.5. The molecule has 1 saturated heterocycles. The van der Waals surface area contributed by atoms with E-state index in [4.69, 9.17) is 4.42 Å². The maximum Gasteiger partial charge on any atom is 0.373 e. The van der Waals surface area contributed by atoms with Gasteiger partial charge in [-0.15, -0.1) is 0 Å². The molecular weight excluding hydrogens is 220 g/mol. The van der Waals surface area contributed by atoms with Crippen LogP contribution in [0.15, 0.2) is 16.5 Å². The fourth-order valence-electron chi connectivity index (χ4n) is 2.05. The summed E-state index contributed by atoms with van der Waals surface area (Å²) in [5.74, 6) is 0.648. The highest BCUT2D eigenvalue weighted by Crippen LogP contribution is 2.12. The molecule has 2 rings (SSSR count). The highest BCUT2D eigenvalue weighted by molar-refractivity contribution is 5.86. The Labute approximate surface area is 101 Å². The molecule has 1 aromatic heterocycles. The molecule has 0 saturated carbocycles. The van der Waals surface area contributed by atoms with E-state index in [1.807, 2.05) is 6.07 Å². The zero-order valence-corrected chi connectivity index (χ0v) is 10.2. The number of nitrogens with one attached hydrogen (secondary N) is 1. The Hall–Kier alpha value is -1.33. The Balaban J connectivity index is 1.94. The molecule has 1 aromatic rings. The number of rotatable bonds is 3. The normalized spacial score (nSPS) is 21.4. The van der Waals surface area contributed by atoms with Gasteiger partial charge in [-0.2, -0.15) is 0 Å². The van der Waals surface area contributed by atoms with Crippen LogP contribution in [-0.2, 0) is 11.3 Å². The minimum atomic E-state index is -0.426. The van der Waals surface area contributed by atoms with Gasteiger partial charge < -0.3 is 14.5 Å². The van der Waals surface area contributed by atoms with E-state index in [1.54, 1.807) is 6.07 Å². The molecule has 0 radical (unpaired) electrons. The summed E-state index contributed by atoms with van der Waals surface area (Å²) in [5, 5.41) is 3.38. The Morgan fingerprint density at radius 1 is 1.65 bits per heavy atom. The van der Waals surface area contributed by atoms with Crippen molar-refractivity contribution in [2.45, 2.75) is 19.5 Å². The first-order chi connectivity index (χ1) is 8.19. The molecule has 1 aliphatic heterocycles. The van der Waals surface area contributed by atoms with Crippen LogP contribution in [0.1, 0.15) is 23.2 Å². The number of methoxy groups -OCH3 is 1. The van der Waals surface area contributed by atoms with Gasteiger partial charge in [0.15, 0.2) is 0 Å². The second kappa shape index (κ2) is 5.33. The first-order valence-electron chi connectivity index (χ1n) is 5.82. The lowest BCUT2D eigenvalue weighted by Crippen LogP contribution is -2.48. The van der Waals surface area contributed by atoms with Gasteiger partial charge in [-0.3, -0.25) is 4.90 Å². The van der Waals surface area contributed by atoms with Crippen LogP contribution in [0.4, 0.5) is 0 Å². The molecule has 94 valence electrons. The smallest absolute Gasteiger partial charge is 0.373 e. The van der Waals surface area contributed by atoms with E-state index >= 15 is 0 Å². The lowest BCUT2D eigenvalue weighted by atomic mass is 10.2. The number of hydrogen-bond acceptors (Lipinski definition) is 5. The van der Waals surface area contributed by atoms with Crippen LogP contribution in [-0.4, -0.2) is 43.7 Å². The van der Waals surface area contributed by atoms with Crippen molar-refractivity contribution in [2.75, 3.05) is 26.7 Å². The maximum absolute atomic E-state index is 11.2. The fourth-order valence-corrected chi connectivity index (χ4v) is 2.05. The van der Waals surface area contributed by atoms with Crippen LogP contribution >= 0.6 is 0 Å². The topological polar surface area (TPSA) is 54.7 Å². The van der Waals surface area contributed by atoms with Crippen molar-refractivity contribution in [2.24, 2.45) is 0 Å². The summed E-state index contributed by atoms with van der Waals surface area (Å²) >= 11 is 0. The fraction of sp³-hybridized carbons (Fsp3) is 0.583. The summed E-state index contributed by atoms with van der Waals surface area (Å²) in [6, 6.07) is 3.99. The number of ether oxygens (including phenoxy) is 1. The predicted molar refractivity (Wildman–Crippen MR) is 62.8 cm³/mol. The molecule has 5 nitrogen and oxygen atoms in total. The minimum Gasteiger partial charge on any atom is -0.463 e. The van der Waals surface area contributed by atoms with Gasteiger partial charge in [0.1, 0.15) is 5.76 Å². The van der Waals surface area contributed by atoms with Crippen LogP contribution in [0.5, 0.6) is 0 Å². The summed E-state index contributed by atoms with van der Waals surface area (Å²) in [5.41, 5.74) is 0. The van der Waals surface area contributed by atoms with Gasteiger partial charge in [0.2, 0.25) is 5.76 Å². The molecule has 0 bridgehead atoms. The molecular formula is C12H18N2O3. The van der Waals surface area contributed by atoms with Crippen molar-refractivity contribution in [3.05, 3.63) is 23.7 Å². The van der Waals surface area contributed by atoms with Crippen molar-refractivity contribution < 1.29 is 13.9 Å². The Bertz CT molecular complexity index is 389. The zero-order chi connectivity index (χ0) is 12.3. The average Bonchev–Trinajstić information content (AvgIpc) is 2.76. The number of carbonyl (C=O) groups excluding carboxylic acids is 1. The van der Waals surface area contributed by atoms with E-state index in [9.17, 15) is 4.79 Å². The Morgan fingerprint density at radius 3 is 3.18 bits per heavy atom. The minimum absolute atomic E-state index is 0.269. The van der Waals surface area contributed by atoms with Gasteiger partial charge in [0.25, 0.3) is 0 Å². The van der Waals surface area contributed by atoms with Crippen molar-refractivity contribution in [1.29, 1.82) is 0 Å². The SMILES string of the molecule is COC(=O)c1ccc(CN2CCN[C@H](C)C2)o1. The molecule has 1 aliphatic rings. The molecule has 0 aromatic carbocycles. The van der Waals surface area contributed by atoms with E-state index in [2.05, 4.69) is 21.9 Å². The molecule has 2 heterocycles. The van der Waals surface area contributed by atoms with Gasteiger partial charge in [-0.1, -0.05) is 0 Å². The summed E-state index contributed by atoms with van der Waals surface area (Å²) < 4.78 is 10.0. The van der Waals surface area contributed by atoms with E-state index in [1.165, 1.54) is 7.11 Å². The van der Waals surface area contributed by atoms with Gasteiger partial charge in [0, 0.05) is 25.7 Å². The number of furan rings is 1. The lowest BCUT2D eigenvalue weighted by Gasteiger charge is -2.31. The predicted octanol–water partition coefficient (Wildman–Crippen LogP) is 0.860. The van der Waals surface area contributed by atoms with Crippen LogP contribution < -0.4 is 5.32 Å². The molecule has 0 amide bonds. The van der Waals surface area contributed by atoms with Gasteiger partial charge in [0.05, 0.1) is 13.7 Å². The summed E-state index contributed by atoms with van der Waals surface area (Å²) in [4.78, 5) is 13.5. The zero-order valence-electron chi connectivity index (χ0n) is 10.2. The molecule has 1 atom stereocenters. The second-order valence-corrected chi connectivity index (χ2v) is 4.35. The van der Waals surface area contributed by atoms with E-state index in [0.29, 0.717) is 6.04 Å². The lowest BCUT2D eigenvalue weighted by molar-refractivity contribution is 0.0560. The first kappa shape index (κ1) is 12.1. The van der Waals surface area contributed by atoms with Crippen molar-refractivity contribution >= 4 is 5.97 Å². The average molecular weight is 238 g/mol. The quantitative estimate of drug-likeness (QED) is 0.791. The standard InChI is InChI=1S/C12H18N2O3/c1-9-7-14(6-5-13-9)8-10-3-4-11(17-10)12(15)16-2/h3-4,9,13H,5-8H2,1-2H3/t9-/m1/s1. The molecule has 5 heteroatoms. The number of nitrogens with zero attached hydrogens (tertiary/aromatic N) is 1. The van der Waals surface area contributed by atoms with Gasteiger partial charge >= 0.3 is 5.97 Å². The van der Waals surface area contributed by atoms with E-state index < -0.39 is 5.97 Å². The molecule has 17 heavy (non-hydrogen) atoms. The van der Waals surface area contributed by atoms with Gasteiger partial charge in [-0.05, 0) is 19.1 Å². The van der Waals surface area contributed by atoms with Crippen LogP contribution in [0.25, 0.3) is 0 Å². The Morgan fingerprint density at radius 2 is 2.47 bits per heavy atom. The van der Waals surface area contributed by atoms with Crippen molar-refractivity contribution in [1.82, 2.24) is 10.2 Å². The third-order valence-corrected chi connectivity index (χ3v) is 2.88. The molecule has 0 spiro atoms. The van der Waals surface area contributed by atoms with Crippen LogP contribution in [0.3, 0.4) is 0 Å². The Kier molecular flexibility index (Phi) is 3.81. The first-order valence-corrected chi connectivity index (χ1v) is 5.82.